The number of nitrogens with zero attached hydrogens (tertiary/aromatic N) is 4. The molecule has 16 atom stereocenters. The third-order valence-corrected chi connectivity index (χ3v) is 24.0. The summed E-state index contributed by atoms with van der Waals surface area (Å²) >= 11 is 0. The molecule has 1 aromatic carbocycles. The van der Waals surface area contributed by atoms with Crippen LogP contribution in [-0.2, 0) is 18.9 Å². The van der Waals surface area contributed by atoms with Crippen LogP contribution in [0.3, 0.4) is 0 Å². The first-order chi connectivity index (χ1) is 34.2. The van der Waals surface area contributed by atoms with Crippen LogP contribution in [-0.4, -0.2) is 140 Å². The Morgan fingerprint density at radius 3 is 0.662 bits per heavy atom. The van der Waals surface area contributed by atoms with Crippen LogP contribution in [0.2, 0.25) is 0 Å². The van der Waals surface area contributed by atoms with Crippen LogP contribution >= 0.6 is 0 Å². The Balaban J connectivity index is 1.76. The molecular formula is C62H106N4O8. The Hall–Kier alpha value is -3.06. The highest BCUT2D eigenvalue weighted by molar-refractivity contribution is 6.10. The van der Waals surface area contributed by atoms with Gasteiger partial charge in [0.05, 0.1) is 22.3 Å². The monoisotopic (exact) mass is 1030 g/mol. The average molecular weight is 1040 g/mol. The highest BCUT2D eigenvalue weighted by Crippen LogP contribution is 2.50. The summed E-state index contributed by atoms with van der Waals surface area (Å²) in [6.45, 7) is 43.7. The number of likely N-dealkylation sites (tertiary alicyclic amines) is 4. The van der Waals surface area contributed by atoms with Crippen LogP contribution in [0.1, 0.15) is 257 Å². The highest BCUT2D eigenvalue weighted by Gasteiger charge is 2.57. The van der Waals surface area contributed by atoms with Crippen molar-refractivity contribution in [3.63, 3.8) is 0 Å². The van der Waals surface area contributed by atoms with Crippen LogP contribution in [0.15, 0.2) is 12.1 Å². The summed E-state index contributed by atoms with van der Waals surface area (Å²) in [4.78, 5) is 71.4. The van der Waals surface area contributed by atoms with Crippen LogP contribution in [0, 0.1) is 23.7 Å². The summed E-state index contributed by atoms with van der Waals surface area (Å²) in [5, 5.41) is 0. The molecule has 1 aromatic rings. The molecule has 0 amide bonds. The molecule has 0 radical (unpaired) electrons. The zero-order chi connectivity index (χ0) is 56.3. The van der Waals surface area contributed by atoms with E-state index in [0.717, 1.165) is 51.4 Å². The number of hydrogen-bond donors (Lipinski definition) is 0. The van der Waals surface area contributed by atoms with Crippen molar-refractivity contribution in [1.82, 2.24) is 19.6 Å². The Morgan fingerprint density at radius 1 is 0.365 bits per heavy atom. The molecule has 4 aliphatic heterocycles. The first kappa shape index (κ1) is 61.8. The normalized spacial score (nSPS) is 41.6. The smallest absolute Gasteiger partial charge is 0.339 e. The lowest BCUT2D eigenvalue weighted by Crippen LogP contribution is -2.66. The van der Waals surface area contributed by atoms with E-state index < -0.39 is 48.3 Å². The van der Waals surface area contributed by atoms with Crippen LogP contribution in [0.25, 0.3) is 0 Å². The molecule has 0 aliphatic carbocycles. The van der Waals surface area contributed by atoms with Gasteiger partial charge in [-0.25, -0.2) is 19.2 Å². The van der Waals surface area contributed by atoms with Gasteiger partial charge in [-0.1, -0.05) is 83.1 Å². The van der Waals surface area contributed by atoms with Crippen molar-refractivity contribution in [1.29, 1.82) is 0 Å². The number of carbonyl (C=O) groups is 4. The molecule has 4 aliphatic rings. The van der Waals surface area contributed by atoms with Crippen molar-refractivity contribution in [2.45, 2.75) is 284 Å². The minimum absolute atomic E-state index is 0.0838. The first-order valence-electron chi connectivity index (χ1n) is 29.1. The summed E-state index contributed by atoms with van der Waals surface area (Å²) in [6.07, 6.45) is 6.85. The van der Waals surface area contributed by atoms with E-state index in [4.69, 9.17) is 18.9 Å². The van der Waals surface area contributed by atoms with Gasteiger partial charge in [-0.05, 0) is 147 Å². The quantitative estimate of drug-likeness (QED) is 0.116. The standard InChI is InChI=1S/C62H106N4O8/c1-25-55(13)35-47(39(9)59(17,29-5)63(55)21)71-51(67)43-33-45(53(69)73-49-37-57(15,27-3)65(23)61(19,31-7)41(49)11)46(54(70)74-50-38-58(16,28-4)66(24)62(20,32-8)42(50)12)34-44(43)52(68)72-48-36-56(14,26-2)64(22)60(18,30-6)40(48)10/h33-34,39-42,47-50H,25-32,35-38H2,1-24H3. The van der Waals surface area contributed by atoms with Gasteiger partial charge in [0.2, 0.25) is 0 Å². The Bertz CT molecular complexity index is 1920. The third kappa shape index (κ3) is 10.2. The fraction of sp³-hybridized carbons (Fsp3) is 0.839. The molecule has 0 N–H and O–H groups in total. The van der Waals surface area contributed by atoms with Gasteiger partial charge in [-0.2, -0.15) is 0 Å². The number of ether oxygens (including phenoxy) is 4. The molecule has 0 spiro atoms. The largest absolute Gasteiger partial charge is 0.458 e. The van der Waals surface area contributed by atoms with E-state index in [1.54, 1.807) is 0 Å². The van der Waals surface area contributed by atoms with E-state index in [0.29, 0.717) is 25.7 Å². The second-order valence-electron chi connectivity index (χ2n) is 26.2. The zero-order valence-corrected chi connectivity index (χ0v) is 51.3. The van der Waals surface area contributed by atoms with Crippen LogP contribution < -0.4 is 0 Å². The van der Waals surface area contributed by atoms with E-state index in [2.05, 4.69) is 186 Å². The Labute approximate surface area is 450 Å². The zero-order valence-electron chi connectivity index (χ0n) is 51.3. The van der Waals surface area contributed by atoms with Gasteiger partial charge in [-0.15, -0.1) is 0 Å². The van der Waals surface area contributed by atoms with E-state index in [1.807, 2.05) is 0 Å². The molecule has 422 valence electrons. The molecule has 5 rings (SSSR count). The van der Waals surface area contributed by atoms with Gasteiger partial charge in [-0.3, -0.25) is 19.6 Å². The maximum absolute atomic E-state index is 15.4. The summed E-state index contributed by atoms with van der Waals surface area (Å²) in [7, 11) is 8.66. The van der Waals surface area contributed by atoms with E-state index in [1.165, 1.54) is 12.1 Å². The topological polar surface area (TPSA) is 118 Å². The van der Waals surface area contributed by atoms with Gasteiger partial charge in [0.1, 0.15) is 24.4 Å². The van der Waals surface area contributed by atoms with Gasteiger partial charge < -0.3 is 18.9 Å². The van der Waals surface area contributed by atoms with E-state index in [9.17, 15) is 0 Å². The first-order valence-corrected chi connectivity index (χ1v) is 29.1. The molecule has 12 nitrogen and oxygen atoms in total. The molecule has 16 unspecified atom stereocenters. The average Bonchev–Trinajstić information content (AvgIpc) is 3.39. The fourth-order valence-electron chi connectivity index (χ4n) is 14.7. The van der Waals surface area contributed by atoms with Crippen molar-refractivity contribution in [2.75, 3.05) is 28.2 Å². The highest BCUT2D eigenvalue weighted by atomic mass is 16.6. The summed E-state index contributed by atoms with van der Waals surface area (Å²) in [6, 6.07) is 2.78. The molecule has 0 aromatic heterocycles. The molecule has 0 saturated carbocycles. The van der Waals surface area contributed by atoms with Crippen molar-refractivity contribution in [3.05, 3.63) is 34.4 Å². The van der Waals surface area contributed by atoms with Crippen molar-refractivity contribution < 1.29 is 38.1 Å². The summed E-state index contributed by atoms with van der Waals surface area (Å²) < 4.78 is 26.8. The van der Waals surface area contributed by atoms with Crippen molar-refractivity contribution in [2.24, 2.45) is 23.7 Å². The van der Waals surface area contributed by atoms with Crippen molar-refractivity contribution in [3.8, 4) is 0 Å². The molecule has 74 heavy (non-hydrogen) atoms. The number of carbonyl (C=O) groups excluding carboxylic acids is 4. The minimum Gasteiger partial charge on any atom is -0.458 e. The van der Waals surface area contributed by atoms with Crippen LogP contribution in [0.5, 0.6) is 0 Å². The second kappa shape index (κ2) is 22.0. The maximum Gasteiger partial charge on any atom is 0.339 e. The second-order valence-corrected chi connectivity index (χ2v) is 26.2. The minimum atomic E-state index is -0.747. The predicted molar refractivity (Wildman–Crippen MR) is 299 cm³/mol. The molecule has 12 heteroatoms. The number of benzene rings is 1. The predicted octanol–water partition coefficient (Wildman–Crippen LogP) is 13.0. The number of hydrogen-bond acceptors (Lipinski definition) is 12. The van der Waals surface area contributed by atoms with Gasteiger partial charge in [0.25, 0.3) is 0 Å². The summed E-state index contributed by atoms with van der Waals surface area (Å²) in [5.41, 5.74) is -2.89. The van der Waals surface area contributed by atoms with Crippen LogP contribution in [0.4, 0.5) is 0 Å². The Morgan fingerprint density at radius 2 is 0.527 bits per heavy atom. The third-order valence-electron chi connectivity index (χ3n) is 24.0. The number of esters is 4. The van der Waals surface area contributed by atoms with E-state index >= 15 is 19.2 Å². The molecular weight excluding hydrogens is 929 g/mol. The lowest BCUT2D eigenvalue weighted by Gasteiger charge is -2.59. The number of rotatable bonds is 16. The number of piperidine rings is 4. The van der Waals surface area contributed by atoms with Gasteiger partial charge in [0, 0.05) is 93.7 Å². The fourth-order valence-corrected chi connectivity index (χ4v) is 14.7. The van der Waals surface area contributed by atoms with Crippen molar-refractivity contribution >= 4 is 23.9 Å². The lowest BCUT2D eigenvalue weighted by atomic mass is 9.68. The van der Waals surface area contributed by atoms with Gasteiger partial charge in [0.15, 0.2) is 0 Å². The Kier molecular flexibility index (Phi) is 18.4. The molecule has 4 saturated heterocycles. The molecule has 0 bridgehead atoms. The summed E-state index contributed by atoms with van der Waals surface area (Å²) in [5.74, 6) is -3.32. The SMILES string of the molecule is CCC1(C)CC(OC(=O)c2cc(C(=O)OC3CC(C)(CC)N(C)C(C)(CC)C3C)c(C(=O)OC3CC(C)(CC)N(C)C(C)(CC)C3C)cc2C(=O)OC2CC(C)(CC)N(C)C(C)(CC)C2C)C(C)C(C)(CC)N1C. The maximum atomic E-state index is 15.4. The lowest BCUT2D eigenvalue weighted by molar-refractivity contribution is -0.128. The molecule has 4 heterocycles. The molecule has 4 fully saturated rings. The van der Waals surface area contributed by atoms with E-state index in [-0.39, 0.29) is 90.2 Å². The van der Waals surface area contributed by atoms with Gasteiger partial charge >= 0.3 is 23.9 Å².